The minimum atomic E-state index is -0.514. The molecule has 1 aromatic carbocycles. The molecular formula is C17H28IN3O2. The number of benzene rings is 1. The number of nitrogens with one attached hydrogen (secondary N) is 1. The van der Waals surface area contributed by atoms with Crippen molar-refractivity contribution < 1.29 is 9.47 Å². The first kappa shape index (κ1) is 20.2. The van der Waals surface area contributed by atoms with E-state index in [4.69, 9.17) is 15.2 Å². The highest BCUT2D eigenvalue weighted by atomic mass is 127. The van der Waals surface area contributed by atoms with E-state index in [1.54, 1.807) is 0 Å². The summed E-state index contributed by atoms with van der Waals surface area (Å²) in [6, 6.07) is 6.33. The standard InChI is InChI=1S/C17H27N3O2.HI/c1-4-13-7-6-8-14(5-2)15(13)20-16(18)19-10-9-17(3)21-11-12-22-17;/h6-8H,4-5,9-12H2,1-3H3,(H3,18,19,20);1H. The Labute approximate surface area is 156 Å². The van der Waals surface area contributed by atoms with Gasteiger partial charge in [-0.25, -0.2) is 0 Å². The maximum Gasteiger partial charge on any atom is 0.193 e. The van der Waals surface area contributed by atoms with Gasteiger partial charge in [-0.3, -0.25) is 4.99 Å². The molecule has 130 valence electrons. The van der Waals surface area contributed by atoms with Crippen LogP contribution < -0.4 is 11.1 Å². The van der Waals surface area contributed by atoms with Crippen LogP contribution in [0.4, 0.5) is 5.69 Å². The van der Waals surface area contributed by atoms with E-state index in [2.05, 4.69) is 42.4 Å². The monoisotopic (exact) mass is 433 g/mol. The molecule has 1 aliphatic heterocycles. The number of rotatable bonds is 6. The lowest BCUT2D eigenvalue weighted by Gasteiger charge is -2.21. The van der Waals surface area contributed by atoms with Gasteiger partial charge in [0.15, 0.2) is 11.7 Å². The summed E-state index contributed by atoms with van der Waals surface area (Å²) in [4.78, 5) is 4.40. The summed E-state index contributed by atoms with van der Waals surface area (Å²) in [6.45, 7) is 8.10. The molecule has 0 atom stereocenters. The van der Waals surface area contributed by atoms with Gasteiger partial charge in [0.2, 0.25) is 0 Å². The van der Waals surface area contributed by atoms with Crippen molar-refractivity contribution in [2.45, 2.75) is 45.8 Å². The van der Waals surface area contributed by atoms with Gasteiger partial charge in [0.05, 0.1) is 13.2 Å². The second kappa shape index (κ2) is 9.44. The first-order valence-corrected chi connectivity index (χ1v) is 8.03. The van der Waals surface area contributed by atoms with Crippen LogP contribution >= 0.6 is 24.0 Å². The molecule has 0 saturated carbocycles. The molecular weight excluding hydrogens is 405 g/mol. The molecule has 6 heteroatoms. The Morgan fingerprint density at radius 3 is 2.30 bits per heavy atom. The molecule has 1 aromatic rings. The molecule has 0 unspecified atom stereocenters. The van der Waals surface area contributed by atoms with Gasteiger partial charge in [-0.15, -0.1) is 24.0 Å². The molecule has 1 heterocycles. The Bertz CT molecular complexity index is 506. The van der Waals surface area contributed by atoms with Crippen molar-refractivity contribution in [2.75, 3.05) is 25.1 Å². The zero-order valence-electron chi connectivity index (χ0n) is 14.2. The number of anilines is 1. The maximum absolute atomic E-state index is 6.04. The van der Waals surface area contributed by atoms with Crippen LogP contribution in [-0.4, -0.2) is 31.5 Å². The normalized spacial score (nSPS) is 16.9. The number of ether oxygens (including phenoxy) is 2. The predicted octanol–water partition coefficient (Wildman–Crippen LogP) is 3.31. The summed E-state index contributed by atoms with van der Waals surface area (Å²) < 4.78 is 11.1. The van der Waals surface area contributed by atoms with Crippen molar-refractivity contribution in [1.29, 1.82) is 0 Å². The van der Waals surface area contributed by atoms with Crippen molar-refractivity contribution in [1.82, 2.24) is 0 Å². The van der Waals surface area contributed by atoms with Gasteiger partial charge in [-0.2, -0.15) is 0 Å². The highest BCUT2D eigenvalue weighted by molar-refractivity contribution is 14.0. The first-order chi connectivity index (χ1) is 10.6. The fraction of sp³-hybridized carbons (Fsp3) is 0.588. The van der Waals surface area contributed by atoms with E-state index in [1.165, 1.54) is 11.1 Å². The number of nitrogens with zero attached hydrogens (tertiary/aromatic N) is 1. The lowest BCUT2D eigenvalue weighted by Crippen LogP contribution is -2.28. The topological polar surface area (TPSA) is 68.9 Å². The van der Waals surface area contributed by atoms with Crippen molar-refractivity contribution in [3.8, 4) is 0 Å². The Hall–Kier alpha value is -0.860. The van der Waals surface area contributed by atoms with Crippen molar-refractivity contribution in [3.05, 3.63) is 29.3 Å². The summed E-state index contributed by atoms with van der Waals surface area (Å²) in [7, 11) is 0. The highest BCUT2D eigenvalue weighted by Gasteiger charge is 2.30. The van der Waals surface area contributed by atoms with Crippen LogP contribution in [0.15, 0.2) is 23.2 Å². The van der Waals surface area contributed by atoms with E-state index in [-0.39, 0.29) is 24.0 Å². The quantitative estimate of drug-likeness (QED) is 0.411. The molecule has 0 aliphatic carbocycles. The summed E-state index contributed by atoms with van der Waals surface area (Å²) in [5.74, 6) is -0.0724. The van der Waals surface area contributed by atoms with Gasteiger partial charge in [0.1, 0.15) is 0 Å². The van der Waals surface area contributed by atoms with Gasteiger partial charge in [-0.1, -0.05) is 32.0 Å². The van der Waals surface area contributed by atoms with Crippen molar-refractivity contribution in [3.63, 3.8) is 0 Å². The molecule has 0 amide bonds. The second-order valence-electron chi connectivity index (χ2n) is 5.63. The van der Waals surface area contributed by atoms with Crippen LogP contribution in [0.25, 0.3) is 0 Å². The average molecular weight is 433 g/mol. The van der Waals surface area contributed by atoms with E-state index in [0.29, 0.717) is 32.1 Å². The molecule has 0 aromatic heterocycles. The molecule has 0 radical (unpaired) electrons. The van der Waals surface area contributed by atoms with Gasteiger partial charge < -0.3 is 20.5 Å². The number of nitrogens with two attached hydrogens (primary N) is 1. The van der Waals surface area contributed by atoms with Crippen LogP contribution in [0, 0.1) is 0 Å². The summed E-state index contributed by atoms with van der Waals surface area (Å²) >= 11 is 0. The highest BCUT2D eigenvalue weighted by Crippen LogP contribution is 2.23. The third-order valence-corrected chi connectivity index (χ3v) is 4.00. The lowest BCUT2D eigenvalue weighted by atomic mass is 10.0. The van der Waals surface area contributed by atoms with E-state index in [1.807, 2.05) is 6.92 Å². The molecule has 23 heavy (non-hydrogen) atoms. The number of para-hydroxylation sites is 1. The molecule has 0 spiro atoms. The zero-order valence-corrected chi connectivity index (χ0v) is 16.6. The van der Waals surface area contributed by atoms with E-state index in [0.717, 1.165) is 18.5 Å². The van der Waals surface area contributed by atoms with Crippen LogP contribution in [0.3, 0.4) is 0 Å². The number of hydrogen-bond acceptors (Lipinski definition) is 3. The maximum atomic E-state index is 6.04. The minimum Gasteiger partial charge on any atom is -0.370 e. The van der Waals surface area contributed by atoms with E-state index in [9.17, 15) is 0 Å². The first-order valence-electron chi connectivity index (χ1n) is 8.03. The Balaban J connectivity index is 0.00000264. The number of aryl methyl sites for hydroxylation is 2. The zero-order chi connectivity index (χ0) is 16.0. The molecule has 3 N–H and O–H groups in total. The predicted molar refractivity (Wildman–Crippen MR) is 106 cm³/mol. The number of halogens is 1. The number of aliphatic imine (C=N–C) groups is 1. The smallest absolute Gasteiger partial charge is 0.193 e. The fourth-order valence-corrected chi connectivity index (χ4v) is 2.65. The average Bonchev–Trinajstić information content (AvgIpc) is 2.94. The molecule has 1 aliphatic rings. The third kappa shape index (κ3) is 5.61. The molecule has 1 saturated heterocycles. The molecule has 0 bridgehead atoms. The van der Waals surface area contributed by atoms with Crippen LogP contribution in [-0.2, 0) is 22.3 Å². The van der Waals surface area contributed by atoms with E-state index < -0.39 is 5.79 Å². The van der Waals surface area contributed by atoms with E-state index >= 15 is 0 Å². The Morgan fingerprint density at radius 1 is 1.22 bits per heavy atom. The second-order valence-corrected chi connectivity index (χ2v) is 5.63. The SMILES string of the molecule is CCc1cccc(CC)c1NC(N)=NCCC1(C)OCCO1.I. The lowest BCUT2D eigenvalue weighted by molar-refractivity contribution is -0.144. The van der Waals surface area contributed by atoms with Crippen LogP contribution in [0.2, 0.25) is 0 Å². The van der Waals surface area contributed by atoms with Crippen LogP contribution in [0.5, 0.6) is 0 Å². The van der Waals surface area contributed by atoms with Crippen LogP contribution in [0.1, 0.15) is 38.3 Å². The largest absolute Gasteiger partial charge is 0.370 e. The van der Waals surface area contributed by atoms with Gasteiger partial charge in [0, 0.05) is 18.7 Å². The summed E-state index contributed by atoms with van der Waals surface area (Å²) in [6.07, 6.45) is 2.62. The Kier molecular flexibility index (Phi) is 8.28. The van der Waals surface area contributed by atoms with Crippen molar-refractivity contribution in [2.24, 2.45) is 10.7 Å². The molecule has 2 rings (SSSR count). The Morgan fingerprint density at radius 2 is 1.78 bits per heavy atom. The minimum absolute atomic E-state index is 0. The van der Waals surface area contributed by atoms with Gasteiger partial charge in [-0.05, 0) is 30.9 Å². The number of hydrogen-bond donors (Lipinski definition) is 2. The third-order valence-electron chi connectivity index (χ3n) is 4.00. The fourth-order valence-electron chi connectivity index (χ4n) is 2.65. The van der Waals surface area contributed by atoms with Gasteiger partial charge in [0.25, 0.3) is 0 Å². The summed E-state index contributed by atoms with van der Waals surface area (Å²) in [5, 5.41) is 3.26. The van der Waals surface area contributed by atoms with Crippen molar-refractivity contribution >= 4 is 35.6 Å². The van der Waals surface area contributed by atoms with Gasteiger partial charge >= 0.3 is 0 Å². The molecule has 5 nitrogen and oxygen atoms in total. The number of guanidine groups is 1. The molecule has 1 fully saturated rings. The summed E-state index contributed by atoms with van der Waals surface area (Å²) in [5.41, 5.74) is 9.64.